The van der Waals surface area contributed by atoms with Gasteiger partial charge in [-0.2, -0.15) is 0 Å². The van der Waals surface area contributed by atoms with Crippen LogP contribution in [0.15, 0.2) is 53.3 Å². The van der Waals surface area contributed by atoms with Gasteiger partial charge in [0, 0.05) is 24.4 Å². The van der Waals surface area contributed by atoms with Crippen LogP contribution < -0.4 is 25.7 Å². The predicted molar refractivity (Wildman–Crippen MR) is 130 cm³/mol. The second-order valence-electron chi connectivity index (χ2n) is 8.19. The molecule has 0 aliphatic rings. The van der Waals surface area contributed by atoms with Crippen molar-refractivity contribution in [2.45, 2.75) is 25.7 Å². The summed E-state index contributed by atoms with van der Waals surface area (Å²) in [5, 5.41) is 24.2. The van der Waals surface area contributed by atoms with Crippen LogP contribution in [0.4, 0.5) is 23.7 Å². The quantitative estimate of drug-likeness (QED) is 0.337. The maximum absolute atomic E-state index is 12.7. The first kappa shape index (κ1) is 27.9. The lowest BCUT2D eigenvalue weighted by atomic mass is 9.96. The number of anilines is 1. The number of rotatable bonds is 8. The summed E-state index contributed by atoms with van der Waals surface area (Å²) < 4.78 is 48.6. The summed E-state index contributed by atoms with van der Waals surface area (Å²) in [6, 6.07) is 8.69. The molecule has 1 aromatic heterocycles. The number of carbonyl (C=O) groups excluding carboxylic acids is 1. The molecular formula is C25H24F3N3O7. The van der Waals surface area contributed by atoms with Gasteiger partial charge in [0.25, 0.3) is 5.56 Å². The number of pyridine rings is 1. The molecule has 0 bridgehead atoms. The van der Waals surface area contributed by atoms with Crippen LogP contribution in [0, 0.1) is 6.92 Å². The van der Waals surface area contributed by atoms with E-state index in [0.29, 0.717) is 11.3 Å². The van der Waals surface area contributed by atoms with Crippen molar-refractivity contribution in [3.63, 3.8) is 0 Å². The van der Waals surface area contributed by atoms with Crippen LogP contribution in [0.25, 0.3) is 11.1 Å². The maximum atomic E-state index is 12.7. The number of halogens is 3. The Morgan fingerprint density at radius 2 is 1.84 bits per heavy atom. The average Bonchev–Trinajstić information content (AvgIpc) is 2.83. The van der Waals surface area contributed by atoms with Gasteiger partial charge in [-0.3, -0.25) is 9.59 Å². The lowest BCUT2D eigenvalue weighted by Crippen LogP contribution is -2.36. The molecular weight excluding hydrogens is 511 g/mol. The molecule has 0 unspecified atom stereocenters. The van der Waals surface area contributed by atoms with Crippen molar-refractivity contribution in [2.75, 3.05) is 12.4 Å². The summed E-state index contributed by atoms with van der Waals surface area (Å²) in [6.45, 7) is 1.58. The van der Waals surface area contributed by atoms with Crippen LogP contribution in [0.2, 0.25) is 0 Å². The number of aryl methyl sites for hydroxylation is 1. The van der Waals surface area contributed by atoms with Crippen molar-refractivity contribution in [2.24, 2.45) is 7.05 Å². The van der Waals surface area contributed by atoms with Gasteiger partial charge in [0.15, 0.2) is 5.69 Å². The van der Waals surface area contributed by atoms with Crippen LogP contribution in [-0.4, -0.2) is 40.3 Å². The van der Waals surface area contributed by atoms with Crippen LogP contribution in [0.5, 0.6) is 17.2 Å². The van der Waals surface area contributed by atoms with Crippen LogP contribution >= 0.6 is 0 Å². The standard InChI is InChI=1S/C25H24F3N3O7/c1-13-9-19(32)22(23(35)31(13)2)30-24(36)29-18(12-21(33)34)15-7-8-20(37-3)17(11-15)14-5-4-6-16(10-14)38-25(26,27)28/h4-11,18,32H,12H2,1-3H3,(H,33,34)(H2,29,30,36)/t18-/m0/s1. The van der Waals surface area contributed by atoms with Crippen molar-refractivity contribution in [3.8, 4) is 28.4 Å². The number of carbonyl (C=O) groups is 2. The number of nitrogens with zero attached hydrogens (tertiary/aromatic N) is 1. The molecule has 0 radical (unpaired) electrons. The molecule has 10 nitrogen and oxygen atoms in total. The lowest BCUT2D eigenvalue weighted by Gasteiger charge is -2.20. The molecule has 3 rings (SSSR count). The van der Waals surface area contributed by atoms with E-state index in [1.807, 2.05) is 0 Å². The highest BCUT2D eigenvalue weighted by Crippen LogP contribution is 2.36. The van der Waals surface area contributed by atoms with Crippen molar-refractivity contribution in [1.82, 2.24) is 9.88 Å². The van der Waals surface area contributed by atoms with Crippen molar-refractivity contribution >= 4 is 17.7 Å². The topological polar surface area (TPSA) is 139 Å². The third-order valence-corrected chi connectivity index (χ3v) is 5.58. The Hall–Kier alpha value is -4.68. The number of hydrogen-bond donors (Lipinski definition) is 4. The number of aromatic hydroxyl groups is 1. The molecule has 1 atom stereocenters. The van der Waals surface area contributed by atoms with Gasteiger partial charge < -0.3 is 34.9 Å². The number of alkyl halides is 3. The van der Waals surface area contributed by atoms with Gasteiger partial charge in [0.05, 0.1) is 19.6 Å². The fraction of sp³-hybridized carbons (Fsp3) is 0.240. The number of nitrogens with one attached hydrogen (secondary N) is 2. The average molecular weight is 535 g/mol. The Labute approximate surface area is 214 Å². The Morgan fingerprint density at radius 3 is 2.47 bits per heavy atom. The largest absolute Gasteiger partial charge is 0.573 e. The molecule has 3 aromatic rings. The zero-order valence-corrected chi connectivity index (χ0v) is 20.4. The number of aromatic nitrogens is 1. The van der Waals surface area contributed by atoms with E-state index in [-0.39, 0.29) is 16.9 Å². The molecule has 4 N–H and O–H groups in total. The lowest BCUT2D eigenvalue weighted by molar-refractivity contribution is -0.274. The molecule has 202 valence electrons. The number of hydrogen-bond acceptors (Lipinski definition) is 6. The number of urea groups is 1. The Bertz CT molecular complexity index is 1420. The van der Waals surface area contributed by atoms with Crippen LogP contribution in [-0.2, 0) is 11.8 Å². The van der Waals surface area contributed by atoms with E-state index in [2.05, 4.69) is 15.4 Å². The zero-order valence-electron chi connectivity index (χ0n) is 20.4. The van der Waals surface area contributed by atoms with Crippen LogP contribution in [0.1, 0.15) is 23.7 Å². The zero-order chi connectivity index (χ0) is 28.2. The number of methoxy groups -OCH3 is 1. The summed E-state index contributed by atoms with van der Waals surface area (Å²) in [5.74, 6) is -1.93. The van der Waals surface area contributed by atoms with E-state index in [0.717, 1.165) is 12.1 Å². The second-order valence-corrected chi connectivity index (χ2v) is 8.19. The molecule has 0 aliphatic carbocycles. The fourth-order valence-electron chi connectivity index (χ4n) is 3.69. The third-order valence-electron chi connectivity index (χ3n) is 5.58. The highest BCUT2D eigenvalue weighted by atomic mass is 19.4. The smallest absolute Gasteiger partial charge is 0.505 e. The van der Waals surface area contributed by atoms with Gasteiger partial charge in [0.2, 0.25) is 0 Å². The van der Waals surface area contributed by atoms with Gasteiger partial charge in [-0.1, -0.05) is 18.2 Å². The van der Waals surface area contributed by atoms with Gasteiger partial charge in [0.1, 0.15) is 17.2 Å². The molecule has 2 amide bonds. The Balaban J connectivity index is 1.96. The van der Waals surface area contributed by atoms with Crippen molar-refractivity contribution in [3.05, 3.63) is 70.1 Å². The molecule has 0 aliphatic heterocycles. The summed E-state index contributed by atoms with van der Waals surface area (Å²) in [7, 11) is 2.80. The van der Waals surface area contributed by atoms with E-state index >= 15 is 0 Å². The minimum atomic E-state index is -4.90. The van der Waals surface area contributed by atoms with E-state index in [1.54, 1.807) is 6.92 Å². The fourth-order valence-corrected chi connectivity index (χ4v) is 3.69. The molecule has 0 saturated carbocycles. The molecule has 38 heavy (non-hydrogen) atoms. The summed E-state index contributed by atoms with van der Waals surface area (Å²) in [6.07, 6.45) is -5.48. The third kappa shape index (κ3) is 6.75. The Kier molecular flexibility index (Phi) is 8.19. The van der Waals surface area contributed by atoms with Gasteiger partial charge in [-0.25, -0.2) is 4.79 Å². The summed E-state index contributed by atoms with van der Waals surface area (Å²) in [4.78, 5) is 36.7. The first-order valence-corrected chi connectivity index (χ1v) is 11.0. The summed E-state index contributed by atoms with van der Waals surface area (Å²) in [5.41, 5.74) is 0.221. The highest BCUT2D eigenvalue weighted by Gasteiger charge is 2.31. The highest BCUT2D eigenvalue weighted by molar-refractivity contribution is 5.91. The number of benzene rings is 2. The number of aliphatic carboxylic acids is 1. The van der Waals surface area contributed by atoms with Gasteiger partial charge >= 0.3 is 18.4 Å². The molecule has 0 fully saturated rings. The molecule has 2 aromatic carbocycles. The molecule has 0 saturated heterocycles. The van der Waals surface area contributed by atoms with E-state index in [9.17, 15) is 37.8 Å². The SMILES string of the molecule is COc1ccc([C@H](CC(=O)O)NC(=O)Nc2c(O)cc(C)n(C)c2=O)cc1-c1cccc(OC(F)(F)F)c1. The van der Waals surface area contributed by atoms with Crippen molar-refractivity contribution < 1.29 is 42.4 Å². The number of ether oxygens (including phenoxy) is 2. The minimum Gasteiger partial charge on any atom is -0.505 e. The number of amides is 2. The molecule has 0 spiro atoms. The Morgan fingerprint density at radius 1 is 1.13 bits per heavy atom. The first-order valence-electron chi connectivity index (χ1n) is 11.0. The van der Waals surface area contributed by atoms with Gasteiger partial charge in [-0.15, -0.1) is 13.2 Å². The van der Waals surface area contributed by atoms with Crippen LogP contribution in [0.3, 0.4) is 0 Å². The van der Waals surface area contributed by atoms with Crippen molar-refractivity contribution in [1.29, 1.82) is 0 Å². The molecule has 13 heteroatoms. The first-order chi connectivity index (χ1) is 17.8. The minimum absolute atomic E-state index is 0.268. The second kappa shape index (κ2) is 11.2. The summed E-state index contributed by atoms with van der Waals surface area (Å²) >= 11 is 0. The normalized spacial score (nSPS) is 11.9. The van der Waals surface area contributed by atoms with E-state index in [1.165, 1.54) is 55.1 Å². The number of carboxylic acids is 1. The van der Waals surface area contributed by atoms with Gasteiger partial charge in [-0.05, 0) is 42.3 Å². The van der Waals surface area contributed by atoms with E-state index < -0.39 is 53.6 Å². The number of carboxylic acid groups (broad SMARTS) is 1. The predicted octanol–water partition coefficient (Wildman–Crippen LogP) is 4.31. The monoisotopic (exact) mass is 535 g/mol. The molecule has 1 heterocycles. The van der Waals surface area contributed by atoms with E-state index in [4.69, 9.17) is 4.74 Å². The maximum Gasteiger partial charge on any atom is 0.573 e.